The fraction of sp³-hybridized carbons (Fsp3) is 0.300. The zero-order valence-electron chi connectivity index (χ0n) is 8.29. The Morgan fingerprint density at radius 2 is 2.07 bits per heavy atom. The van der Waals surface area contributed by atoms with Crippen LogP contribution < -0.4 is 16.6 Å². The monoisotopic (exact) mass is 194 g/mol. The fourth-order valence-corrected chi connectivity index (χ4v) is 1.17. The van der Waals surface area contributed by atoms with Crippen LogP contribution in [0.5, 0.6) is 0 Å². The van der Waals surface area contributed by atoms with Crippen molar-refractivity contribution >= 4 is 5.91 Å². The predicted octanol–water partition coefficient (Wildman–Crippen LogP) is -0.390. The minimum Gasteiger partial charge on any atom is -0.302 e. The molecule has 0 aliphatic heterocycles. The van der Waals surface area contributed by atoms with Crippen LogP contribution in [0.2, 0.25) is 0 Å². The highest BCUT2D eigenvalue weighted by molar-refractivity contribution is 5.76. The third-order valence-corrected chi connectivity index (χ3v) is 2.07. The summed E-state index contributed by atoms with van der Waals surface area (Å²) < 4.78 is 0. The van der Waals surface area contributed by atoms with E-state index in [-0.39, 0.29) is 11.9 Å². The van der Waals surface area contributed by atoms with Crippen molar-refractivity contribution in [2.24, 2.45) is 0 Å². The van der Waals surface area contributed by atoms with Crippen molar-refractivity contribution in [1.82, 2.24) is 10.7 Å². The van der Waals surface area contributed by atoms with E-state index in [1.54, 1.807) is 0 Å². The predicted molar refractivity (Wildman–Crippen MR) is 53.9 cm³/mol. The second-order valence-electron chi connectivity index (χ2n) is 3.11. The minimum atomic E-state index is -0.104. The molecule has 0 spiro atoms. The van der Waals surface area contributed by atoms with E-state index in [1.807, 2.05) is 37.3 Å². The van der Waals surface area contributed by atoms with Gasteiger partial charge in [0.2, 0.25) is 0 Å². The molecule has 0 aromatic heterocycles. The average Bonchev–Trinajstić information content (AvgIpc) is 2.26. The van der Waals surface area contributed by atoms with Crippen molar-refractivity contribution in [3.8, 4) is 0 Å². The molecule has 1 amide bonds. The Morgan fingerprint density at radius 3 is 2.64 bits per heavy atom. The Kier molecular flexibility index (Phi) is 4.10. The molecule has 14 heavy (non-hydrogen) atoms. The number of carbonyl (C=O) groups is 1. The van der Waals surface area contributed by atoms with Crippen LogP contribution in [0.3, 0.4) is 0 Å². The first kappa shape index (κ1) is 10.7. The van der Waals surface area contributed by atoms with E-state index < -0.39 is 0 Å². The summed E-state index contributed by atoms with van der Waals surface area (Å²) in [5.74, 6) is 3.19. The number of hydrogen-bond donors (Lipinski definition) is 3. The number of amides is 1. The zero-order chi connectivity index (χ0) is 10.4. The molecular weight excluding hydrogens is 178 g/mol. The molecule has 4 nitrogen and oxygen atoms in total. The molecule has 0 radical (unpaired) electrons. The molecule has 0 saturated carbocycles. The molecule has 0 unspecified atom stereocenters. The highest BCUT2D eigenvalue weighted by Crippen LogP contribution is 2.09. The van der Waals surface area contributed by atoms with Gasteiger partial charge >= 0.3 is 0 Å². The Bertz CT molecular complexity index is 287. The van der Waals surface area contributed by atoms with Crippen LogP contribution in [0.25, 0.3) is 0 Å². The molecule has 0 aliphatic carbocycles. The van der Waals surface area contributed by atoms with Gasteiger partial charge < -0.3 is 5.32 Å². The first-order valence-corrected chi connectivity index (χ1v) is 4.58. The van der Waals surface area contributed by atoms with Gasteiger partial charge in [-0.25, -0.2) is 5.43 Å². The molecule has 1 aromatic rings. The third kappa shape index (κ3) is 3.16. The van der Waals surface area contributed by atoms with Crippen molar-refractivity contribution in [2.45, 2.75) is 13.0 Å². The van der Waals surface area contributed by atoms with Gasteiger partial charge in [0, 0.05) is 6.04 Å². The number of benzene rings is 1. The number of carbonyl (C=O) groups excluding carboxylic acids is 1. The van der Waals surface area contributed by atoms with Crippen molar-refractivity contribution in [3.05, 3.63) is 35.9 Å². The highest BCUT2D eigenvalue weighted by Gasteiger charge is 2.06. The molecule has 5 N–H and O–H groups in total. The van der Waals surface area contributed by atoms with Crippen LogP contribution >= 0.6 is 0 Å². The van der Waals surface area contributed by atoms with Gasteiger partial charge in [0.15, 0.2) is 0 Å². The van der Waals surface area contributed by atoms with E-state index in [0.717, 1.165) is 0 Å². The lowest BCUT2D eigenvalue weighted by molar-refractivity contribution is -0.427. The lowest BCUT2D eigenvalue weighted by atomic mass is 10.1. The molecular formula is C10H16N3O+. The summed E-state index contributed by atoms with van der Waals surface area (Å²) >= 11 is 0. The molecule has 0 aliphatic rings. The van der Waals surface area contributed by atoms with Crippen LogP contribution in [-0.2, 0) is 4.79 Å². The molecule has 0 bridgehead atoms. The second kappa shape index (κ2) is 5.36. The number of nitrogens with one attached hydrogen (secondary N) is 2. The van der Waals surface area contributed by atoms with Crippen LogP contribution in [0.1, 0.15) is 18.5 Å². The number of quaternary nitrogens is 1. The van der Waals surface area contributed by atoms with E-state index in [9.17, 15) is 4.79 Å². The maximum absolute atomic E-state index is 10.9. The Hall–Kier alpha value is -1.39. The number of hydrogen-bond acceptors (Lipinski definition) is 2. The minimum absolute atomic E-state index is 0.104. The molecule has 1 rings (SSSR count). The van der Waals surface area contributed by atoms with Crippen LogP contribution in [-0.4, -0.2) is 12.5 Å². The first-order valence-electron chi connectivity index (χ1n) is 4.58. The van der Waals surface area contributed by atoms with Gasteiger partial charge in [-0.05, 0) is 12.5 Å². The lowest BCUT2D eigenvalue weighted by Gasteiger charge is -2.12. The summed E-state index contributed by atoms with van der Waals surface area (Å²) in [6.07, 6.45) is 0. The first-order chi connectivity index (χ1) is 6.74. The van der Waals surface area contributed by atoms with E-state index in [2.05, 4.69) is 16.6 Å². The summed E-state index contributed by atoms with van der Waals surface area (Å²) in [6, 6.07) is 10.2. The average molecular weight is 194 g/mol. The van der Waals surface area contributed by atoms with Crippen molar-refractivity contribution in [2.75, 3.05) is 6.54 Å². The molecule has 0 saturated heterocycles. The molecule has 4 heteroatoms. The van der Waals surface area contributed by atoms with E-state index >= 15 is 0 Å². The molecule has 0 heterocycles. The standard InChI is InChI=1S/C10H15N3O/c1-8(12-7-10(14)13-11)9-5-3-2-4-6-9/h2-6,8,12H,7,11H2,1H3,(H,13,14)/p+1/t8-/m0/s1. The summed E-state index contributed by atoms with van der Waals surface area (Å²) in [7, 11) is 0. The van der Waals surface area contributed by atoms with Gasteiger partial charge in [0.1, 0.15) is 0 Å². The topological polar surface area (TPSA) is 68.8 Å². The molecule has 0 fully saturated rings. The van der Waals surface area contributed by atoms with Gasteiger partial charge in [0.25, 0.3) is 5.91 Å². The van der Waals surface area contributed by atoms with Crippen LogP contribution in [0, 0.1) is 0 Å². The van der Waals surface area contributed by atoms with Crippen LogP contribution in [0.15, 0.2) is 30.3 Å². The Balaban J connectivity index is 2.43. The summed E-state index contributed by atoms with van der Waals surface area (Å²) in [5.41, 5.74) is 3.49. The van der Waals surface area contributed by atoms with Gasteiger partial charge in [-0.3, -0.25) is 10.6 Å². The van der Waals surface area contributed by atoms with Crippen molar-refractivity contribution in [1.29, 1.82) is 0 Å². The largest absolute Gasteiger partial charge is 0.302 e. The molecule has 1 atom stereocenters. The zero-order valence-corrected chi connectivity index (χ0v) is 8.29. The summed E-state index contributed by atoms with van der Waals surface area (Å²) in [6.45, 7) is 2.31. The second-order valence-corrected chi connectivity index (χ2v) is 3.11. The van der Waals surface area contributed by atoms with Crippen molar-refractivity contribution in [3.63, 3.8) is 0 Å². The Labute approximate surface area is 83.5 Å². The quantitative estimate of drug-likeness (QED) is 0.571. The third-order valence-electron chi connectivity index (χ3n) is 2.07. The normalized spacial score (nSPS) is 12.1. The van der Waals surface area contributed by atoms with Gasteiger partial charge in [-0.1, -0.05) is 30.3 Å². The molecule has 76 valence electrons. The van der Waals surface area contributed by atoms with E-state index in [1.165, 1.54) is 5.56 Å². The maximum Gasteiger partial charge on any atom is 0.278 e. The Morgan fingerprint density at radius 1 is 1.43 bits per heavy atom. The number of rotatable bonds is 4. The SMILES string of the molecule is C[C@H](NCC(=O)N[NH3+])c1ccccc1. The fourth-order valence-electron chi connectivity index (χ4n) is 1.17. The highest BCUT2D eigenvalue weighted by atomic mass is 16.2. The van der Waals surface area contributed by atoms with Gasteiger partial charge in [0.05, 0.1) is 6.54 Å². The van der Waals surface area contributed by atoms with Crippen LogP contribution in [0.4, 0.5) is 0 Å². The maximum atomic E-state index is 10.9. The molecule has 1 aromatic carbocycles. The van der Waals surface area contributed by atoms with E-state index in [0.29, 0.717) is 6.54 Å². The lowest BCUT2D eigenvalue weighted by Crippen LogP contribution is -2.68. The van der Waals surface area contributed by atoms with Crippen molar-refractivity contribution < 1.29 is 10.6 Å². The van der Waals surface area contributed by atoms with Gasteiger partial charge in [-0.15, -0.1) is 0 Å². The smallest absolute Gasteiger partial charge is 0.278 e. The van der Waals surface area contributed by atoms with Gasteiger partial charge in [-0.2, -0.15) is 0 Å². The summed E-state index contributed by atoms with van der Waals surface area (Å²) in [4.78, 5) is 10.9. The summed E-state index contributed by atoms with van der Waals surface area (Å²) in [5, 5.41) is 3.10. The van der Waals surface area contributed by atoms with E-state index in [4.69, 9.17) is 0 Å².